The fourth-order valence-electron chi connectivity index (χ4n) is 2.62. The maximum absolute atomic E-state index is 10.8. The van der Waals surface area contributed by atoms with E-state index < -0.39 is 5.97 Å². The molecule has 0 radical (unpaired) electrons. The summed E-state index contributed by atoms with van der Waals surface area (Å²) in [4.78, 5) is 21.5. The summed E-state index contributed by atoms with van der Waals surface area (Å²) in [6.07, 6.45) is 11.4. The molecule has 0 aromatic heterocycles. The van der Waals surface area contributed by atoms with Crippen LogP contribution in [0, 0.1) is 5.92 Å². The predicted octanol–water partition coefficient (Wildman–Crippen LogP) is 2.80. The molecular weight excluding hydrogens is 266 g/mol. The van der Waals surface area contributed by atoms with Gasteiger partial charge in [-0.2, -0.15) is 0 Å². The topological polar surface area (TPSA) is 69.2 Å². The van der Waals surface area contributed by atoms with Gasteiger partial charge in [0, 0.05) is 19.4 Å². The van der Waals surface area contributed by atoms with Crippen LogP contribution in [0.2, 0.25) is 0 Å². The number of carbonyl (C=O) groups is 2. The second-order valence-electron chi connectivity index (χ2n) is 5.98. The Balaban J connectivity index is 3.71. The lowest BCUT2D eigenvalue weighted by Crippen LogP contribution is -2.25. The second-order valence-corrected chi connectivity index (χ2v) is 5.98. The van der Waals surface area contributed by atoms with Gasteiger partial charge in [0.25, 0.3) is 0 Å². The molecule has 0 rings (SSSR count). The first-order chi connectivity index (χ1) is 10.1. The van der Waals surface area contributed by atoms with E-state index in [9.17, 15) is 14.7 Å². The van der Waals surface area contributed by atoms with E-state index >= 15 is 0 Å². The summed E-state index contributed by atoms with van der Waals surface area (Å²) in [6.45, 7) is 4.40. The quantitative estimate of drug-likeness (QED) is 0.501. The van der Waals surface area contributed by atoms with Crippen LogP contribution in [-0.2, 0) is 9.59 Å². The van der Waals surface area contributed by atoms with Crippen molar-refractivity contribution in [1.82, 2.24) is 5.32 Å². The SMILES string of the molecule is CCCCCCCCC(CCCCNC(C)=O)CC(=O)[O-]. The maximum Gasteiger partial charge on any atom is 0.216 e. The summed E-state index contributed by atoms with van der Waals surface area (Å²) in [5, 5.41) is 13.6. The zero-order chi connectivity index (χ0) is 15.9. The van der Waals surface area contributed by atoms with E-state index in [4.69, 9.17) is 0 Å². The van der Waals surface area contributed by atoms with Crippen molar-refractivity contribution < 1.29 is 14.7 Å². The Morgan fingerprint density at radius 2 is 1.52 bits per heavy atom. The molecule has 0 aliphatic carbocycles. The molecule has 0 aliphatic rings. The van der Waals surface area contributed by atoms with Crippen molar-refractivity contribution in [1.29, 1.82) is 0 Å². The van der Waals surface area contributed by atoms with Gasteiger partial charge < -0.3 is 15.2 Å². The zero-order valence-corrected chi connectivity index (χ0v) is 13.8. The molecule has 21 heavy (non-hydrogen) atoms. The summed E-state index contributed by atoms with van der Waals surface area (Å²) < 4.78 is 0. The van der Waals surface area contributed by atoms with Crippen molar-refractivity contribution in [2.75, 3.05) is 6.54 Å². The van der Waals surface area contributed by atoms with Crippen molar-refractivity contribution >= 4 is 11.9 Å². The lowest BCUT2D eigenvalue weighted by molar-refractivity contribution is -0.306. The van der Waals surface area contributed by atoms with Crippen molar-refractivity contribution in [3.63, 3.8) is 0 Å². The first-order valence-electron chi connectivity index (χ1n) is 8.50. The van der Waals surface area contributed by atoms with E-state index in [1.165, 1.54) is 39.0 Å². The van der Waals surface area contributed by atoms with Gasteiger partial charge in [-0.3, -0.25) is 4.79 Å². The van der Waals surface area contributed by atoms with Crippen LogP contribution in [0.5, 0.6) is 0 Å². The minimum atomic E-state index is -0.937. The monoisotopic (exact) mass is 298 g/mol. The molecule has 1 N–H and O–H groups in total. The lowest BCUT2D eigenvalue weighted by atomic mass is 9.92. The summed E-state index contributed by atoms with van der Waals surface area (Å²) in [5.41, 5.74) is 0. The van der Waals surface area contributed by atoms with Gasteiger partial charge in [0.2, 0.25) is 5.91 Å². The van der Waals surface area contributed by atoms with Gasteiger partial charge in [0.05, 0.1) is 0 Å². The van der Waals surface area contributed by atoms with Gasteiger partial charge in [-0.15, -0.1) is 0 Å². The standard InChI is InChI=1S/C17H33NO3/c1-3-4-5-6-7-8-11-16(14-17(20)21)12-9-10-13-18-15(2)19/h16H,3-14H2,1-2H3,(H,18,19)(H,20,21)/p-1. The molecule has 1 unspecified atom stereocenters. The lowest BCUT2D eigenvalue weighted by Gasteiger charge is -2.17. The molecule has 0 heterocycles. The van der Waals surface area contributed by atoms with Crippen LogP contribution in [0.4, 0.5) is 0 Å². The predicted molar refractivity (Wildman–Crippen MR) is 83.6 cm³/mol. The van der Waals surface area contributed by atoms with Gasteiger partial charge in [-0.1, -0.05) is 64.7 Å². The zero-order valence-electron chi connectivity index (χ0n) is 13.8. The summed E-state index contributed by atoms with van der Waals surface area (Å²) in [6, 6.07) is 0. The first kappa shape index (κ1) is 19.9. The molecule has 0 saturated heterocycles. The normalized spacial score (nSPS) is 12.1. The Hall–Kier alpha value is -1.06. The summed E-state index contributed by atoms with van der Waals surface area (Å²) >= 11 is 0. The van der Waals surface area contributed by atoms with Crippen LogP contribution in [-0.4, -0.2) is 18.4 Å². The highest BCUT2D eigenvalue weighted by molar-refractivity contribution is 5.72. The van der Waals surface area contributed by atoms with Crippen molar-refractivity contribution in [3.8, 4) is 0 Å². The van der Waals surface area contributed by atoms with Crippen molar-refractivity contribution in [2.24, 2.45) is 5.92 Å². The molecule has 4 heteroatoms. The highest BCUT2D eigenvalue weighted by Crippen LogP contribution is 2.20. The fourth-order valence-corrected chi connectivity index (χ4v) is 2.62. The van der Waals surface area contributed by atoms with E-state index in [1.54, 1.807) is 0 Å². The van der Waals surface area contributed by atoms with Gasteiger partial charge in [0.1, 0.15) is 0 Å². The molecule has 0 aromatic rings. The fraction of sp³-hybridized carbons (Fsp3) is 0.882. The number of unbranched alkanes of at least 4 members (excludes halogenated alkanes) is 6. The van der Waals surface area contributed by atoms with Gasteiger partial charge in [-0.25, -0.2) is 0 Å². The number of hydrogen-bond acceptors (Lipinski definition) is 3. The number of nitrogens with one attached hydrogen (secondary N) is 1. The number of aliphatic carboxylic acids is 1. The third-order valence-corrected chi connectivity index (χ3v) is 3.83. The minimum absolute atomic E-state index is 0.00614. The van der Waals surface area contributed by atoms with E-state index in [1.807, 2.05) is 0 Å². The molecule has 0 aliphatic heterocycles. The number of carbonyl (C=O) groups excluding carboxylic acids is 2. The number of hydrogen-bond donors (Lipinski definition) is 1. The average Bonchev–Trinajstić information content (AvgIpc) is 2.41. The Kier molecular flexibility index (Phi) is 13.2. The number of amides is 1. The van der Waals surface area contributed by atoms with Crippen LogP contribution in [0.25, 0.3) is 0 Å². The van der Waals surface area contributed by atoms with Crippen LogP contribution < -0.4 is 10.4 Å². The number of rotatable bonds is 14. The second kappa shape index (κ2) is 13.9. The molecule has 4 nitrogen and oxygen atoms in total. The van der Waals surface area contributed by atoms with Gasteiger partial charge in [0.15, 0.2) is 0 Å². The van der Waals surface area contributed by atoms with Crippen molar-refractivity contribution in [3.05, 3.63) is 0 Å². The van der Waals surface area contributed by atoms with E-state index in [0.717, 1.165) is 32.1 Å². The van der Waals surface area contributed by atoms with E-state index in [-0.39, 0.29) is 18.2 Å². The molecule has 0 fully saturated rings. The molecule has 124 valence electrons. The van der Waals surface area contributed by atoms with Crippen LogP contribution in [0.15, 0.2) is 0 Å². The van der Waals surface area contributed by atoms with Gasteiger partial charge in [-0.05, 0) is 18.8 Å². The van der Waals surface area contributed by atoms with Crippen LogP contribution in [0.3, 0.4) is 0 Å². The third-order valence-electron chi connectivity index (χ3n) is 3.83. The molecule has 0 aromatic carbocycles. The van der Waals surface area contributed by atoms with E-state index in [2.05, 4.69) is 12.2 Å². The van der Waals surface area contributed by atoms with Crippen molar-refractivity contribution in [2.45, 2.75) is 84.5 Å². The van der Waals surface area contributed by atoms with E-state index in [0.29, 0.717) is 6.54 Å². The highest BCUT2D eigenvalue weighted by atomic mass is 16.4. The molecule has 1 amide bonds. The molecule has 0 saturated carbocycles. The third kappa shape index (κ3) is 15.2. The average molecular weight is 298 g/mol. The largest absolute Gasteiger partial charge is 0.550 e. The smallest absolute Gasteiger partial charge is 0.216 e. The maximum atomic E-state index is 10.8. The minimum Gasteiger partial charge on any atom is -0.550 e. The first-order valence-corrected chi connectivity index (χ1v) is 8.50. The Labute approximate surface area is 129 Å². The summed E-state index contributed by atoms with van der Waals surface area (Å²) in [7, 11) is 0. The number of carboxylic acid groups (broad SMARTS) is 1. The van der Waals surface area contributed by atoms with Gasteiger partial charge >= 0.3 is 0 Å². The Morgan fingerprint density at radius 1 is 0.952 bits per heavy atom. The molecule has 0 spiro atoms. The molecular formula is C17H32NO3-. The summed E-state index contributed by atoms with van der Waals surface area (Å²) in [5.74, 6) is -0.709. The number of carboxylic acids is 1. The molecule has 0 bridgehead atoms. The van der Waals surface area contributed by atoms with Crippen LogP contribution in [0.1, 0.15) is 84.5 Å². The Morgan fingerprint density at radius 3 is 2.10 bits per heavy atom. The highest BCUT2D eigenvalue weighted by Gasteiger charge is 2.09. The Bertz CT molecular complexity index is 279. The van der Waals surface area contributed by atoms with Crippen LogP contribution >= 0.6 is 0 Å². The molecule has 1 atom stereocenters.